The lowest BCUT2D eigenvalue weighted by Gasteiger charge is -2.44. The lowest BCUT2D eigenvalue weighted by atomic mass is 9.84. The van der Waals surface area contributed by atoms with Crippen molar-refractivity contribution in [3.8, 4) is 21.7 Å². The fraction of sp³-hybridized carbons (Fsp3) is 0.400. The molecule has 0 spiro atoms. The van der Waals surface area contributed by atoms with Crippen LogP contribution < -0.4 is 0 Å². The number of rotatable bonds is 4. The lowest BCUT2D eigenvalue weighted by molar-refractivity contribution is 0.0504. The number of nitrogens with zero attached hydrogens (tertiary/aromatic N) is 4. The summed E-state index contributed by atoms with van der Waals surface area (Å²) < 4.78 is 2.10. The molecule has 0 saturated carbocycles. The van der Waals surface area contributed by atoms with E-state index in [0.717, 1.165) is 34.2 Å². The molecular weight excluding hydrogens is 344 g/mol. The van der Waals surface area contributed by atoms with E-state index in [1.54, 1.807) is 11.3 Å². The van der Waals surface area contributed by atoms with E-state index in [-0.39, 0.29) is 6.61 Å². The molecule has 2 bridgehead atoms. The average Bonchev–Trinajstić information content (AvgIpc) is 3.38. The first-order chi connectivity index (χ1) is 12.8. The average molecular weight is 366 g/mol. The normalized spacial score (nSPS) is 24.9. The molecule has 6 heteroatoms. The SMILES string of the molecule is OCc1ccc(-c2csc(-c3cn(C4CN5CCC4CC5)nn3)c2)cc1. The van der Waals surface area contributed by atoms with E-state index in [0.29, 0.717) is 6.04 Å². The molecule has 3 fully saturated rings. The van der Waals surface area contributed by atoms with E-state index in [1.807, 2.05) is 12.1 Å². The summed E-state index contributed by atoms with van der Waals surface area (Å²) in [6.45, 7) is 3.68. The molecule has 3 saturated heterocycles. The summed E-state index contributed by atoms with van der Waals surface area (Å²) in [7, 11) is 0. The third-order valence-corrected chi connectivity index (χ3v) is 6.75. The highest BCUT2D eigenvalue weighted by molar-refractivity contribution is 7.14. The zero-order valence-electron chi connectivity index (χ0n) is 14.6. The highest BCUT2D eigenvalue weighted by Crippen LogP contribution is 2.36. The summed E-state index contributed by atoms with van der Waals surface area (Å²) >= 11 is 1.71. The second-order valence-corrected chi connectivity index (χ2v) is 8.26. The second-order valence-electron chi connectivity index (χ2n) is 7.34. The predicted molar refractivity (Wildman–Crippen MR) is 103 cm³/mol. The van der Waals surface area contributed by atoms with E-state index in [9.17, 15) is 5.11 Å². The van der Waals surface area contributed by atoms with Crippen LogP contribution in [0.5, 0.6) is 0 Å². The van der Waals surface area contributed by atoms with Gasteiger partial charge in [0.25, 0.3) is 0 Å². The molecule has 0 radical (unpaired) electrons. The fourth-order valence-corrected chi connectivity index (χ4v) is 5.08. The third kappa shape index (κ3) is 2.88. The number of fused-ring (bicyclic) bond motifs is 3. The molecule has 2 aromatic heterocycles. The number of piperidine rings is 3. The van der Waals surface area contributed by atoms with Gasteiger partial charge in [-0.1, -0.05) is 29.5 Å². The van der Waals surface area contributed by atoms with Gasteiger partial charge in [-0.3, -0.25) is 0 Å². The minimum Gasteiger partial charge on any atom is -0.392 e. The zero-order valence-corrected chi connectivity index (χ0v) is 15.4. The Morgan fingerprint density at radius 2 is 1.92 bits per heavy atom. The van der Waals surface area contributed by atoms with Gasteiger partial charge in [0.15, 0.2) is 0 Å². The molecule has 26 heavy (non-hydrogen) atoms. The van der Waals surface area contributed by atoms with Crippen molar-refractivity contribution in [3.63, 3.8) is 0 Å². The van der Waals surface area contributed by atoms with Crippen LogP contribution >= 0.6 is 11.3 Å². The molecule has 6 rings (SSSR count). The molecule has 1 aromatic carbocycles. The van der Waals surface area contributed by atoms with Gasteiger partial charge < -0.3 is 10.0 Å². The third-order valence-electron chi connectivity index (χ3n) is 5.79. The van der Waals surface area contributed by atoms with E-state index >= 15 is 0 Å². The van der Waals surface area contributed by atoms with Gasteiger partial charge in [0.2, 0.25) is 0 Å². The van der Waals surface area contributed by atoms with Gasteiger partial charge in [-0.05, 0) is 60.0 Å². The number of hydrogen-bond acceptors (Lipinski definition) is 5. The number of aliphatic hydroxyl groups is 1. The summed E-state index contributed by atoms with van der Waals surface area (Å²) in [6.07, 6.45) is 4.69. The molecule has 0 aliphatic carbocycles. The molecule has 3 aliphatic rings. The molecule has 1 unspecified atom stereocenters. The van der Waals surface area contributed by atoms with Crippen LogP contribution in [0.25, 0.3) is 21.7 Å². The zero-order chi connectivity index (χ0) is 17.5. The van der Waals surface area contributed by atoms with E-state index in [4.69, 9.17) is 0 Å². The quantitative estimate of drug-likeness (QED) is 0.769. The Morgan fingerprint density at radius 3 is 2.62 bits per heavy atom. The fourth-order valence-electron chi connectivity index (χ4n) is 4.21. The van der Waals surface area contributed by atoms with Crippen LogP contribution in [-0.2, 0) is 6.61 Å². The van der Waals surface area contributed by atoms with E-state index < -0.39 is 0 Å². The first-order valence-electron chi connectivity index (χ1n) is 9.23. The first-order valence-corrected chi connectivity index (χ1v) is 10.1. The second kappa shape index (κ2) is 6.61. The van der Waals surface area contributed by atoms with Crippen LogP contribution in [0, 0.1) is 5.92 Å². The highest BCUT2D eigenvalue weighted by atomic mass is 32.1. The molecule has 3 aromatic rings. The number of thiophene rings is 1. The van der Waals surface area contributed by atoms with Crippen molar-refractivity contribution in [1.82, 2.24) is 19.9 Å². The van der Waals surface area contributed by atoms with Crippen molar-refractivity contribution >= 4 is 11.3 Å². The van der Waals surface area contributed by atoms with Crippen LogP contribution in [0.4, 0.5) is 0 Å². The largest absolute Gasteiger partial charge is 0.392 e. The van der Waals surface area contributed by atoms with Gasteiger partial charge in [0, 0.05) is 6.54 Å². The summed E-state index contributed by atoms with van der Waals surface area (Å²) in [4.78, 5) is 3.70. The summed E-state index contributed by atoms with van der Waals surface area (Å²) in [5.74, 6) is 0.749. The van der Waals surface area contributed by atoms with Crippen LogP contribution in [0.3, 0.4) is 0 Å². The van der Waals surface area contributed by atoms with Crippen molar-refractivity contribution in [2.45, 2.75) is 25.5 Å². The number of hydrogen-bond donors (Lipinski definition) is 1. The van der Waals surface area contributed by atoms with Crippen LogP contribution in [0.15, 0.2) is 41.9 Å². The Morgan fingerprint density at radius 1 is 1.12 bits per heavy atom. The smallest absolute Gasteiger partial charge is 0.123 e. The van der Waals surface area contributed by atoms with Crippen LogP contribution in [0.2, 0.25) is 0 Å². The molecule has 1 atom stereocenters. The summed E-state index contributed by atoms with van der Waals surface area (Å²) in [5, 5.41) is 20.3. The maximum Gasteiger partial charge on any atom is 0.123 e. The van der Waals surface area contributed by atoms with Crippen molar-refractivity contribution in [2.75, 3.05) is 19.6 Å². The first kappa shape index (κ1) is 16.2. The van der Waals surface area contributed by atoms with Crippen molar-refractivity contribution in [1.29, 1.82) is 0 Å². The molecule has 5 heterocycles. The van der Waals surface area contributed by atoms with Gasteiger partial charge >= 0.3 is 0 Å². The highest BCUT2D eigenvalue weighted by Gasteiger charge is 2.35. The molecule has 3 aliphatic heterocycles. The van der Waals surface area contributed by atoms with Crippen molar-refractivity contribution < 1.29 is 5.11 Å². The van der Waals surface area contributed by atoms with Gasteiger partial charge in [-0.2, -0.15) is 0 Å². The molecule has 134 valence electrons. The van der Waals surface area contributed by atoms with Crippen LogP contribution in [0.1, 0.15) is 24.4 Å². The van der Waals surface area contributed by atoms with Crippen molar-refractivity contribution in [2.24, 2.45) is 5.92 Å². The Labute approximate surface area is 156 Å². The van der Waals surface area contributed by atoms with Gasteiger partial charge in [0.05, 0.1) is 23.7 Å². The minimum atomic E-state index is 0.0812. The molecule has 1 N–H and O–H groups in total. The van der Waals surface area contributed by atoms with Gasteiger partial charge in [-0.15, -0.1) is 16.4 Å². The lowest BCUT2D eigenvalue weighted by Crippen LogP contribution is -2.48. The van der Waals surface area contributed by atoms with Gasteiger partial charge in [0.1, 0.15) is 5.69 Å². The van der Waals surface area contributed by atoms with Gasteiger partial charge in [-0.25, -0.2) is 4.68 Å². The number of benzene rings is 1. The molecule has 5 nitrogen and oxygen atoms in total. The maximum absolute atomic E-state index is 9.18. The number of aliphatic hydroxyl groups excluding tert-OH is 1. The maximum atomic E-state index is 9.18. The molecule has 0 amide bonds. The predicted octanol–water partition coefficient (Wildman–Crippen LogP) is 3.43. The Kier molecular flexibility index (Phi) is 4.11. The topological polar surface area (TPSA) is 54.2 Å². The summed E-state index contributed by atoms with van der Waals surface area (Å²) in [6, 6.07) is 10.7. The Hall–Kier alpha value is -2.02. The Bertz CT molecular complexity index is 893. The van der Waals surface area contributed by atoms with E-state index in [1.165, 1.54) is 31.5 Å². The number of aromatic nitrogens is 3. The summed E-state index contributed by atoms with van der Waals surface area (Å²) in [5.41, 5.74) is 4.25. The van der Waals surface area contributed by atoms with Crippen molar-refractivity contribution in [3.05, 3.63) is 47.5 Å². The standard InChI is InChI=1S/C20H22N4OS/c25-12-14-1-3-15(4-2-14)17-9-20(26-13-17)18-10-24(22-21-18)19-11-23-7-5-16(19)6-8-23/h1-4,9-10,13,16,19,25H,5-8,11-12H2. The molecular formula is C20H22N4OS. The monoisotopic (exact) mass is 366 g/mol. The van der Waals surface area contributed by atoms with E-state index in [2.05, 4.69) is 49.7 Å². The Balaban J connectivity index is 1.37. The van der Waals surface area contributed by atoms with Crippen LogP contribution in [-0.4, -0.2) is 44.6 Å². The minimum absolute atomic E-state index is 0.0812.